The first kappa shape index (κ1) is 15.5. The van der Waals surface area contributed by atoms with Gasteiger partial charge in [0.05, 0.1) is 11.1 Å². The molecule has 1 heterocycles. The molecule has 5 heteroatoms. The van der Waals surface area contributed by atoms with E-state index in [1.54, 1.807) is 12.1 Å². The Morgan fingerprint density at radius 2 is 1.90 bits per heavy atom. The molecule has 1 aromatic carbocycles. The number of carbonyl (C=O) groups excluding carboxylic acids is 2. The third-order valence-corrected chi connectivity index (χ3v) is 4.34. The second-order valence-corrected chi connectivity index (χ2v) is 5.48. The molecule has 114 valence electrons. The fourth-order valence-corrected chi connectivity index (χ4v) is 3.05. The highest BCUT2D eigenvalue weighted by molar-refractivity contribution is 6.03. The Hall–Kier alpha value is -1.88. The zero-order chi connectivity index (χ0) is 15.5. The predicted molar refractivity (Wildman–Crippen MR) is 80.1 cm³/mol. The van der Waals surface area contributed by atoms with E-state index in [4.69, 9.17) is 5.21 Å². The standard InChI is InChI=1S/C16H22N2O3/c1-3-11-18-14(19)9-10-16(4-2,15(18)20)12-5-7-13(17-21)8-6-12/h5-8,17,21H,3-4,9-11H2,1-2H3. The Labute approximate surface area is 124 Å². The second kappa shape index (κ2) is 6.26. The first-order valence-electron chi connectivity index (χ1n) is 7.44. The number of nitrogens with one attached hydrogen (secondary N) is 1. The second-order valence-electron chi connectivity index (χ2n) is 5.48. The van der Waals surface area contributed by atoms with Crippen LogP contribution in [0.2, 0.25) is 0 Å². The summed E-state index contributed by atoms with van der Waals surface area (Å²) in [6.45, 7) is 4.43. The number of benzene rings is 1. The van der Waals surface area contributed by atoms with Gasteiger partial charge >= 0.3 is 0 Å². The lowest BCUT2D eigenvalue weighted by atomic mass is 9.71. The van der Waals surface area contributed by atoms with E-state index >= 15 is 0 Å². The first-order chi connectivity index (χ1) is 10.1. The molecule has 0 aliphatic carbocycles. The normalized spacial score (nSPS) is 22.5. The van der Waals surface area contributed by atoms with Crippen molar-refractivity contribution in [3.63, 3.8) is 0 Å². The van der Waals surface area contributed by atoms with Crippen LogP contribution >= 0.6 is 0 Å². The van der Waals surface area contributed by atoms with Crippen LogP contribution in [0, 0.1) is 0 Å². The SMILES string of the molecule is CCCN1C(=O)CCC(CC)(c2ccc(NO)cc2)C1=O. The van der Waals surface area contributed by atoms with Gasteiger partial charge in [-0.25, -0.2) is 0 Å². The molecule has 21 heavy (non-hydrogen) atoms. The highest BCUT2D eigenvalue weighted by Gasteiger charge is 2.46. The molecule has 0 spiro atoms. The Morgan fingerprint density at radius 3 is 2.43 bits per heavy atom. The maximum Gasteiger partial charge on any atom is 0.239 e. The third-order valence-electron chi connectivity index (χ3n) is 4.34. The molecular formula is C16H22N2O3. The molecule has 2 amide bonds. The van der Waals surface area contributed by atoms with Crippen LogP contribution in [0.1, 0.15) is 45.1 Å². The summed E-state index contributed by atoms with van der Waals surface area (Å²) in [5, 5.41) is 8.89. The van der Waals surface area contributed by atoms with E-state index in [1.807, 2.05) is 26.0 Å². The number of rotatable bonds is 5. The number of nitrogens with zero attached hydrogens (tertiary/aromatic N) is 1. The average molecular weight is 290 g/mol. The average Bonchev–Trinajstić information content (AvgIpc) is 2.52. The Morgan fingerprint density at radius 1 is 1.24 bits per heavy atom. The Kier molecular flexibility index (Phi) is 4.63. The fraction of sp³-hybridized carbons (Fsp3) is 0.500. The van der Waals surface area contributed by atoms with Crippen molar-refractivity contribution >= 4 is 17.5 Å². The van der Waals surface area contributed by atoms with Crippen molar-refractivity contribution in [2.75, 3.05) is 12.0 Å². The molecule has 1 saturated heterocycles. The molecule has 1 aliphatic heterocycles. The largest absolute Gasteiger partial charge is 0.291 e. The first-order valence-corrected chi connectivity index (χ1v) is 7.44. The van der Waals surface area contributed by atoms with Crippen molar-refractivity contribution in [3.8, 4) is 0 Å². The van der Waals surface area contributed by atoms with Crippen LogP contribution in [-0.2, 0) is 15.0 Å². The number of hydrogen-bond donors (Lipinski definition) is 2. The number of imide groups is 1. The summed E-state index contributed by atoms with van der Waals surface area (Å²) in [5.41, 5.74) is 2.94. The smallest absolute Gasteiger partial charge is 0.239 e. The fourth-order valence-electron chi connectivity index (χ4n) is 3.05. The van der Waals surface area contributed by atoms with Crippen molar-refractivity contribution in [2.24, 2.45) is 0 Å². The van der Waals surface area contributed by atoms with E-state index in [1.165, 1.54) is 4.90 Å². The maximum absolute atomic E-state index is 12.9. The van der Waals surface area contributed by atoms with Gasteiger partial charge in [-0.2, -0.15) is 0 Å². The summed E-state index contributed by atoms with van der Waals surface area (Å²) in [6.07, 6.45) is 2.38. The molecular weight excluding hydrogens is 268 g/mol. The zero-order valence-electron chi connectivity index (χ0n) is 12.6. The topological polar surface area (TPSA) is 69.6 Å². The molecule has 5 nitrogen and oxygen atoms in total. The lowest BCUT2D eigenvalue weighted by molar-refractivity contribution is -0.153. The van der Waals surface area contributed by atoms with Crippen molar-refractivity contribution in [1.82, 2.24) is 4.90 Å². The molecule has 0 saturated carbocycles. The van der Waals surface area contributed by atoms with Gasteiger partial charge in [0.25, 0.3) is 0 Å². The van der Waals surface area contributed by atoms with E-state index < -0.39 is 5.41 Å². The van der Waals surface area contributed by atoms with Crippen LogP contribution in [0.3, 0.4) is 0 Å². The number of anilines is 1. The van der Waals surface area contributed by atoms with Crippen molar-refractivity contribution in [1.29, 1.82) is 0 Å². The van der Waals surface area contributed by atoms with Gasteiger partial charge in [0.15, 0.2) is 0 Å². The predicted octanol–water partition coefficient (Wildman–Crippen LogP) is 2.69. The molecule has 2 N–H and O–H groups in total. The van der Waals surface area contributed by atoms with Crippen molar-refractivity contribution in [3.05, 3.63) is 29.8 Å². The number of amides is 2. The lowest BCUT2D eigenvalue weighted by Crippen LogP contribution is -2.53. The minimum absolute atomic E-state index is 0.0698. The van der Waals surface area contributed by atoms with Gasteiger partial charge in [-0.3, -0.25) is 25.2 Å². The van der Waals surface area contributed by atoms with Crippen molar-refractivity contribution in [2.45, 2.75) is 44.9 Å². The van der Waals surface area contributed by atoms with Gasteiger partial charge in [-0.05, 0) is 37.0 Å². The number of carbonyl (C=O) groups is 2. The quantitative estimate of drug-likeness (QED) is 0.646. The van der Waals surface area contributed by atoms with Crippen molar-refractivity contribution < 1.29 is 14.8 Å². The third kappa shape index (κ3) is 2.65. The van der Waals surface area contributed by atoms with E-state index in [0.29, 0.717) is 31.5 Å². The van der Waals surface area contributed by atoms with Gasteiger partial charge in [0.2, 0.25) is 11.8 Å². The highest BCUT2D eigenvalue weighted by Crippen LogP contribution is 2.39. The molecule has 0 bridgehead atoms. The van der Waals surface area contributed by atoms with Crippen LogP contribution in [0.15, 0.2) is 24.3 Å². The van der Waals surface area contributed by atoms with Crippen LogP contribution in [0.5, 0.6) is 0 Å². The summed E-state index contributed by atoms with van der Waals surface area (Å²) < 4.78 is 0. The van der Waals surface area contributed by atoms with Gasteiger partial charge < -0.3 is 0 Å². The maximum atomic E-state index is 12.9. The van der Waals surface area contributed by atoms with E-state index in [0.717, 1.165) is 12.0 Å². The highest BCUT2D eigenvalue weighted by atomic mass is 16.5. The molecule has 1 aromatic rings. The minimum Gasteiger partial charge on any atom is -0.291 e. The van der Waals surface area contributed by atoms with Crippen LogP contribution < -0.4 is 5.48 Å². The number of likely N-dealkylation sites (tertiary alicyclic amines) is 1. The minimum atomic E-state index is -0.628. The molecule has 1 fully saturated rings. The van der Waals surface area contributed by atoms with Gasteiger partial charge in [-0.1, -0.05) is 26.0 Å². The summed E-state index contributed by atoms with van der Waals surface area (Å²) in [4.78, 5) is 26.3. The monoisotopic (exact) mass is 290 g/mol. The number of hydrogen-bond acceptors (Lipinski definition) is 4. The Bertz CT molecular complexity index is 527. The molecule has 1 atom stereocenters. The van der Waals surface area contributed by atoms with E-state index in [9.17, 15) is 9.59 Å². The molecule has 1 unspecified atom stereocenters. The summed E-state index contributed by atoms with van der Waals surface area (Å²) >= 11 is 0. The van der Waals surface area contributed by atoms with Crippen LogP contribution in [0.25, 0.3) is 0 Å². The zero-order valence-corrected chi connectivity index (χ0v) is 12.6. The molecule has 1 aliphatic rings. The van der Waals surface area contributed by atoms with Gasteiger partial charge in [-0.15, -0.1) is 0 Å². The Balaban J connectivity index is 2.39. The number of piperidine rings is 1. The van der Waals surface area contributed by atoms with Crippen LogP contribution in [0.4, 0.5) is 5.69 Å². The molecule has 2 rings (SSSR count). The molecule has 0 aromatic heterocycles. The van der Waals surface area contributed by atoms with Gasteiger partial charge in [0.1, 0.15) is 0 Å². The summed E-state index contributed by atoms with van der Waals surface area (Å²) in [7, 11) is 0. The summed E-state index contributed by atoms with van der Waals surface area (Å²) in [6, 6.07) is 7.17. The van der Waals surface area contributed by atoms with E-state index in [2.05, 4.69) is 5.48 Å². The lowest BCUT2D eigenvalue weighted by Gasteiger charge is -2.40. The van der Waals surface area contributed by atoms with Crippen LogP contribution in [-0.4, -0.2) is 28.5 Å². The summed E-state index contributed by atoms with van der Waals surface area (Å²) in [5.74, 6) is -0.160. The van der Waals surface area contributed by atoms with Gasteiger partial charge in [0, 0.05) is 13.0 Å². The van der Waals surface area contributed by atoms with E-state index in [-0.39, 0.29) is 11.8 Å². The molecule has 0 radical (unpaired) electrons.